The second-order valence-corrected chi connectivity index (χ2v) is 8.22. The third kappa shape index (κ3) is 5.84. The lowest BCUT2D eigenvalue weighted by molar-refractivity contribution is -0.122. The SMILES string of the molecule is Cc1cccc(OCCNC(=O)CN(C)C2CCS(=O)(=O)C2)c1. The van der Waals surface area contributed by atoms with Crippen molar-refractivity contribution in [1.29, 1.82) is 0 Å². The monoisotopic (exact) mass is 340 g/mol. The third-order valence-corrected chi connectivity index (χ3v) is 5.66. The summed E-state index contributed by atoms with van der Waals surface area (Å²) in [5.41, 5.74) is 1.12. The molecule has 1 saturated heterocycles. The van der Waals surface area contributed by atoms with E-state index in [1.165, 1.54) is 0 Å². The minimum Gasteiger partial charge on any atom is -0.492 e. The number of aryl methyl sites for hydroxylation is 1. The molecule has 128 valence electrons. The molecule has 6 nitrogen and oxygen atoms in total. The van der Waals surface area contributed by atoms with Gasteiger partial charge in [0.2, 0.25) is 5.91 Å². The van der Waals surface area contributed by atoms with Gasteiger partial charge in [-0.1, -0.05) is 12.1 Å². The molecule has 1 aliphatic heterocycles. The zero-order valence-electron chi connectivity index (χ0n) is 13.6. The molecular formula is C16H24N2O4S. The number of amides is 1. The highest BCUT2D eigenvalue weighted by Gasteiger charge is 2.31. The van der Waals surface area contributed by atoms with Crippen LogP contribution < -0.4 is 10.1 Å². The summed E-state index contributed by atoms with van der Waals surface area (Å²) in [6.45, 7) is 3.01. The van der Waals surface area contributed by atoms with Crippen LogP contribution in [0.25, 0.3) is 0 Å². The number of hydrogen-bond acceptors (Lipinski definition) is 5. The summed E-state index contributed by atoms with van der Waals surface area (Å²) in [6.07, 6.45) is 0.600. The molecule has 0 bridgehead atoms. The Bertz CT molecular complexity index is 645. The van der Waals surface area contributed by atoms with Crippen molar-refractivity contribution in [1.82, 2.24) is 10.2 Å². The predicted octanol–water partition coefficient (Wildman–Crippen LogP) is 0.609. The first-order valence-electron chi connectivity index (χ1n) is 7.72. The van der Waals surface area contributed by atoms with Gasteiger partial charge < -0.3 is 10.1 Å². The minimum atomic E-state index is -2.92. The van der Waals surface area contributed by atoms with E-state index in [1.807, 2.05) is 31.2 Å². The smallest absolute Gasteiger partial charge is 0.234 e. The normalized spacial score (nSPS) is 19.7. The summed E-state index contributed by atoms with van der Waals surface area (Å²) in [5, 5.41) is 2.79. The van der Waals surface area contributed by atoms with Gasteiger partial charge in [0.15, 0.2) is 9.84 Å². The molecule has 1 amide bonds. The van der Waals surface area contributed by atoms with Crippen molar-refractivity contribution in [3.63, 3.8) is 0 Å². The van der Waals surface area contributed by atoms with E-state index in [9.17, 15) is 13.2 Å². The quantitative estimate of drug-likeness (QED) is 0.736. The Morgan fingerprint density at radius 3 is 2.87 bits per heavy atom. The Morgan fingerprint density at radius 1 is 1.43 bits per heavy atom. The molecule has 1 unspecified atom stereocenters. The molecule has 0 aliphatic carbocycles. The van der Waals surface area contributed by atoms with Crippen molar-refractivity contribution in [2.75, 3.05) is 38.2 Å². The Labute approximate surface area is 137 Å². The molecule has 1 atom stereocenters. The van der Waals surface area contributed by atoms with Crippen molar-refractivity contribution in [3.05, 3.63) is 29.8 Å². The van der Waals surface area contributed by atoms with Crippen LogP contribution in [0.2, 0.25) is 0 Å². The van der Waals surface area contributed by atoms with Gasteiger partial charge in [-0.2, -0.15) is 0 Å². The fourth-order valence-electron chi connectivity index (χ4n) is 2.60. The number of carbonyl (C=O) groups excluding carboxylic acids is 1. The van der Waals surface area contributed by atoms with Crippen molar-refractivity contribution in [2.24, 2.45) is 0 Å². The first kappa shape index (κ1) is 17.7. The second kappa shape index (κ2) is 7.79. The summed E-state index contributed by atoms with van der Waals surface area (Å²) < 4.78 is 28.5. The van der Waals surface area contributed by atoms with Crippen molar-refractivity contribution < 1.29 is 17.9 Å². The molecule has 1 aromatic carbocycles. The Morgan fingerprint density at radius 2 is 2.22 bits per heavy atom. The van der Waals surface area contributed by atoms with Crippen molar-refractivity contribution in [3.8, 4) is 5.75 Å². The van der Waals surface area contributed by atoms with Crippen LogP contribution in [0.1, 0.15) is 12.0 Å². The van der Waals surface area contributed by atoms with Gasteiger partial charge in [0.1, 0.15) is 12.4 Å². The number of benzene rings is 1. The van der Waals surface area contributed by atoms with Crippen molar-refractivity contribution in [2.45, 2.75) is 19.4 Å². The molecule has 0 radical (unpaired) electrons. The maximum absolute atomic E-state index is 11.9. The molecule has 2 rings (SSSR count). The van der Waals surface area contributed by atoms with Crippen LogP contribution in [0, 0.1) is 6.92 Å². The number of likely N-dealkylation sites (N-methyl/N-ethyl adjacent to an activating group) is 1. The molecule has 0 saturated carbocycles. The first-order chi connectivity index (χ1) is 10.9. The van der Waals surface area contributed by atoms with Gasteiger partial charge in [0.25, 0.3) is 0 Å². The zero-order valence-corrected chi connectivity index (χ0v) is 14.4. The fourth-order valence-corrected chi connectivity index (χ4v) is 4.40. The van der Waals surface area contributed by atoms with Gasteiger partial charge in [-0.25, -0.2) is 8.42 Å². The van der Waals surface area contributed by atoms with Crippen LogP contribution >= 0.6 is 0 Å². The molecule has 0 aromatic heterocycles. The average molecular weight is 340 g/mol. The number of ether oxygens (including phenoxy) is 1. The Balaban J connectivity index is 1.65. The van der Waals surface area contributed by atoms with Gasteiger partial charge in [-0.15, -0.1) is 0 Å². The molecule has 1 aromatic rings. The Kier molecular flexibility index (Phi) is 6.01. The van der Waals surface area contributed by atoms with E-state index in [-0.39, 0.29) is 30.0 Å². The van der Waals surface area contributed by atoms with Gasteiger partial charge >= 0.3 is 0 Å². The van der Waals surface area contributed by atoms with Crippen LogP contribution in [0.5, 0.6) is 5.75 Å². The lowest BCUT2D eigenvalue weighted by atomic mass is 10.2. The van der Waals surface area contributed by atoms with Crippen molar-refractivity contribution >= 4 is 15.7 Å². The lowest BCUT2D eigenvalue weighted by Crippen LogP contribution is -2.42. The summed E-state index contributed by atoms with van der Waals surface area (Å²) in [6, 6.07) is 7.68. The third-order valence-electron chi connectivity index (χ3n) is 3.91. The number of nitrogens with zero attached hydrogens (tertiary/aromatic N) is 1. The zero-order chi connectivity index (χ0) is 16.9. The van der Waals surface area contributed by atoms with Crippen LogP contribution in [0.15, 0.2) is 24.3 Å². The largest absolute Gasteiger partial charge is 0.492 e. The van der Waals surface area contributed by atoms with Crippen LogP contribution in [-0.2, 0) is 14.6 Å². The number of carbonyl (C=O) groups is 1. The molecular weight excluding hydrogens is 316 g/mol. The number of rotatable bonds is 7. The molecule has 0 spiro atoms. The summed E-state index contributed by atoms with van der Waals surface area (Å²) in [5.74, 6) is 1.03. The van der Waals surface area contributed by atoms with Crippen LogP contribution in [0.4, 0.5) is 0 Å². The van der Waals surface area contributed by atoms with E-state index in [4.69, 9.17) is 4.74 Å². The highest BCUT2D eigenvalue weighted by molar-refractivity contribution is 7.91. The molecule has 1 aliphatic rings. The van der Waals surface area contributed by atoms with E-state index >= 15 is 0 Å². The first-order valence-corrected chi connectivity index (χ1v) is 9.55. The van der Waals surface area contributed by atoms with E-state index in [2.05, 4.69) is 5.32 Å². The average Bonchev–Trinajstić information content (AvgIpc) is 2.84. The second-order valence-electron chi connectivity index (χ2n) is 5.99. The molecule has 1 fully saturated rings. The van der Waals surface area contributed by atoms with Gasteiger partial charge in [-0.3, -0.25) is 9.69 Å². The molecule has 7 heteroatoms. The maximum atomic E-state index is 11.9. The van der Waals surface area contributed by atoms with E-state index < -0.39 is 9.84 Å². The summed E-state index contributed by atoms with van der Waals surface area (Å²) in [7, 11) is -1.14. The lowest BCUT2D eigenvalue weighted by Gasteiger charge is -2.22. The van der Waals surface area contributed by atoms with Crippen LogP contribution in [0.3, 0.4) is 0 Å². The van der Waals surface area contributed by atoms with E-state index in [0.717, 1.165) is 11.3 Å². The predicted molar refractivity (Wildman–Crippen MR) is 89.4 cm³/mol. The van der Waals surface area contributed by atoms with Gasteiger partial charge in [-0.05, 0) is 38.1 Å². The van der Waals surface area contributed by atoms with E-state index in [0.29, 0.717) is 19.6 Å². The van der Waals surface area contributed by atoms with Gasteiger partial charge in [0, 0.05) is 6.04 Å². The number of hydrogen-bond donors (Lipinski definition) is 1. The van der Waals surface area contributed by atoms with Gasteiger partial charge in [0.05, 0.1) is 24.6 Å². The fraction of sp³-hybridized carbons (Fsp3) is 0.562. The summed E-state index contributed by atoms with van der Waals surface area (Å²) >= 11 is 0. The maximum Gasteiger partial charge on any atom is 0.234 e. The topological polar surface area (TPSA) is 75.7 Å². The highest BCUT2D eigenvalue weighted by atomic mass is 32.2. The Hall–Kier alpha value is -1.60. The van der Waals surface area contributed by atoms with Crippen LogP contribution in [-0.4, -0.2) is 63.5 Å². The van der Waals surface area contributed by atoms with E-state index in [1.54, 1.807) is 11.9 Å². The number of sulfone groups is 1. The molecule has 1 N–H and O–H groups in total. The molecule has 1 heterocycles. The number of nitrogens with one attached hydrogen (secondary N) is 1. The minimum absolute atomic E-state index is 0.0608. The summed E-state index contributed by atoms with van der Waals surface area (Å²) in [4.78, 5) is 13.7. The standard InChI is InChI=1S/C16H24N2O4S/c1-13-4-3-5-15(10-13)22-8-7-17-16(19)11-18(2)14-6-9-23(20,21)12-14/h3-5,10,14H,6-9,11-12H2,1-2H3,(H,17,19). The highest BCUT2D eigenvalue weighted by Crippen LogP contribution is 2.16. The molecule has 23 heavy (non-hydrogen) atoms.